The molecule has 2 unspecified atom stereocenters. The normalized spacial score (nSPS) is 17.8. The molecule has 13 heteroatoms. The van der Waals surface area contributed by atoms with Crippen LogP contribution in [0, 0.1) is 22.2 Å². The summed E-state index contributed by atoms with van der Waals surface area (Å²) in [5, 5.41) is 9.39. The van der Waals surface area contributed by atoms with Crippen LogP contribution in [0.15, 0.2) is 12.7 Å². The number of carbonyl (C=O) groups excluding carboxylic acids is 1. The van der Waals surface area contributed by atoms with Gasteiger partial charge in [-0.15, -0.1) is 0 Å². The van der Waals surface area contributed by atoms with Gasteiger partial charge in [-0.2, -0.15) is 0 Å². The number of imidazole rings is 1. The zero-order valence-corrected chi connectivity index (χ0v) is 23.3. The minimum absolute atomic E-state index is 0.0775. The molecule has 1 fully saturated rings. The highest BCUT2D eigenvalue weighted by atomic mass is 31.2. The molecule has 1 saturated carbocycles. The molecule has 0 aromatic carbocycles. The summed E-state index contributed by atoms with van der Waals surface area (Å²) in [6.45, 7) is 10.2. The highest BCUT2D eigenvalue weighted by molar-refractivity contribution is 7.53. The average molecular weight is 540 g/mol. The van der Waals surface area contributed by atoms with Crippen molar-refractivity contribution in [3.8, 4) is 0 Å². The van der Waals surface area contributed by atoms with Crippen molar-refractivity contribution < 1.29 is 33.0 Å². The summed E-state index contributed by atoms with van der Waals surface area (Å²) in [5.74, 6) is -1.26. The van der Waals surface area contributed by atoms with Crippen molar-refractivity contribution in [3.05, 3.63) is 12.7 Å². The van der Waals surface area contributed by atoms with Crippen LogP contribution < -0.4 is 5.73 Å². The van der Waals surface area contributed by atoms with Gasteiger partial charge in [0.2, 0.25) is 6.79 Å². The van der Waals surface area contributed by atoms with Crippen molar-refractivity contribution in [2.75, 3.05) is 25.3 Å². The number of hydrogen-bond acceptors (Lipinski definition) is 10. The van der Waals surface area contributed by atoms with E-state index in [2.05, 4.69) is 15.0 Å². The Labute approximate surface area is 216 Å². The molecule has 2 heterocycles. The van der Waals surface area contributed by atoms with Crippen molar-refractivity contribution in [1.29, 1.82) is 0 Å². The van der Waals surface area contributed by atoms with Gasteiger partial charge in [0, 0.05) is 6.54 Å². The number of nitrogens with two attached hydrogens (primary N) is 1. The van der Waals surface area contributed by atoms with Gasteiger partial charge in [0.25, 0.3) is 0 Å². The molecule has 37 heavy (non-hydrogen) atoms. The fraction of sp³-hybridized carbons (Fsp3) is 0.708. The SMILES string of the molecule is CC(CP(=O)(OCCC(C)(C)C(=O)O)OCOC(=O)C(C)(C)C)C1(Cn2cnc3c(N)ncnc32)CC1. The first-order valence-electron chi connectivity index (χ1n) is 12.3. The van der Waals surface area contributed by atoms with Crippen LogP contribution in [-0.2, 0) is 34.5 Å². The third-order valence-electron chi connectivity index (χ3n) is 7.00. The molecule has 2 atom stereocenters. The third kappa shape index (κ3) is 7.06. The number of carboxylic acids is 1. The average Bonchev–Trinajstić information content (AvgIpc) is 3.46. The molecule has 0 saturated heterocycles. The highest BCUT2D eigenvalue weighted by Crippen LogP contribution is 2.60. The van der Waals surface area contributed by atoms with E-state index in [0.717, 1.165) is 12.8 Å². The number of ether oxygens (including phenoxy) is 1. The Bertz CT molecular complexity index is 1190. The fourth-order valence-electron chi connectivity index (χ4n) is 3.92. The van der Waals surface area contributed by atoms with Gasteiger partial charge < -0.3 is 24.7 Å². The van der Waals surface area contributed by atoms with E-state index in [1.54, 1.807) is 40.9 Å². The van der Waals surface area contributed by atoms with Gasteiger partial charge in [0.15, 0.2) is 11.5 Å². The van der Waals surface area contributed by atoms with Crippen molar-refractivity contribution in [1.82, 2.24) is 19.5 Å². The van der Waals surface area contributed by atoms with Crippen molar-refractivity contribution in [3.63, 3.8) is 0 Å². The lowest BCUT2D eigenvalue weighted by Crippen LogP contribution is -2.27. The number of carboxylic acid groups (broad SMARTS) is 1. The van der Waals surface area contributed by atoms with Gasteiger partial charge in [0.05, 0.1) is 29.9 Å². The molecule has 1 aliphatic rings. The molecule has 2 aromatic rings. The van der Waals surface area contributed by atoms with E-state index >= 15 is 0 Å². The maximum absolute atomic E-state index is 13.8. The smallest absolute Gasteiger partial charge is 0.333 e. The number of aromatic nitrogens is 4. The first-order chi connectivity index (χ1) is 17.1. The number of rotatable bonds is 13. The maximum Gasteiger partial charge on any atom is 0.333 e. The highest BCUT2D eigenvalue weighted by Gasteiger charge is 2.50. The summed E-state index contributed by atoms with van der Waals surface area (Å²) >= 11 is 0. The molecule has 3 N–H and O–H groups in total. The van der Waals surface area contributed by atoms with Gasteiger partial charge in [-0.1, -0.05) is 6.92 Å². The molecule has 0 bridgehead atoms. The molecular weight excluding hydrogens is 501 g/mol. The predicted molar refractivity (Wildman–Crippen MR) is 137 cm³/mol. The Hall–Kier alpha value is -2.56. The van der Waals surface area contributed by atoms with Gasteiger partial charge >= 0.3 is 19.5 Å². The van der Waals surface area contributed by atoms with Gasteiger partial charge in [0.1, 0.15) is 11.8 Å². The Morgan fingerprint density at radius 2 is 1.86 bits per heavy atom. The van der Waals surface area contributed by atoms with Crippen LogP contribution in [0.1, 0.15) is 60.8 Å². The number of anilines is 1. The Kier molecular flexibility index (Phi) is 8.36. The lowest BCUT2D eigenvalue weighted by atomic mass is 9.90. The third-order valence-corrected chi connectivity index (χ3v) is 9.07. The first kappa shape index (κ1) is 29.0. The van der Waals surface area contributed by atoms with Crippen LogP contribution in [0.25, 0.3) is 11.2 Å². The second kappa shape index (κ2) is 10.7. The van der Waals surface area contributed by atoms with Gasteiger partial charge in [-0.05, 0) is 65.2 Å². The van der Waals surface area contributed by atoms with Gasteiger partial charge in [-0.3, -0.25) is 18.7 Å². The molecule has 0 spiro atoms. The number of esters is 1. The van der Waals surface area contributed by atoms with Crippen LogP contribution in [0.4, 0.5) is 5.82 Å². The maximum atomic E-state index is 13.8. The van der Waals surface area contributed by atoms with Crippen molar-refractivity contribution >= 4 is 36.5 Å². The molecule has 0 amide bonds. The largest absolute Gasteiger partial charge is 0.481 e. The number of carbonyl (C=O) groups is 2. The zero-order chi connectivity index (χ0) is 27.6. The summed E-state index contributed by atoms with van der Waals surface area (Å²) in [6, 6.07) is 0. The van der Waals surface area contributed by atoms with Crippen molar-refractivity contribution in [2.24, 2.45) is 22.2 Å². The number of hydrogen-bond donors (Lipinski definition) is 2. The van der Waals surface area contributed by atoms with Crippen LogP contribution in [0.3, 0.4) is 0 Å². The topological polar surface area (TPSA) is 169 Å². The molecule has 0 aliphatic heterocycles. The lowest BCUT2D eigenvalue weighted by molar-refractivity contribution is -0.160. The predicted octanol–water partition coefficient (Wildman–Crippen LogP) is 4.10. The molecule has 2 aromatic heterocycles. The second-order valence-electron chi connectivity index (χ2n) is 11.6. The minimum Gasteiger partial charge on any atom is -0.481 e. The molecule has 206 valence electrons. The van der Waals surface area contributed by atoms with E-state index in [9.17, 15) is 19.3 Å². The first-order valence-corrected chi connectivity index (χ1v) is 14.0. The van der Waals surface area contributed by atoms with Crippen LogP contribution in [0.2, 0.25) is 0 Å². The number of aliphatic carboxylic acids is 1. The Balaban J connectivity index is 1.72. The molecule has 0 radical (unpaired) electrons. The standard InChI is InChI=1S/C24H38N5O7P/c1-16(24(7-8-24)12-29-14-28-17-18(25)26-13-27-19(17)29)11-37(33,35-10-9-23(5,6)20(30)31)36-15-34-21(32)22(2,3)4/h13-14,16H,7-12,15H2,1-6H3,(H,30,31)(H2,25,26,27). The lowest BCUT2D eigenvalue weighted by Gasteiger charge is -2.29. The number of fused-ring (bicyclic) bond motifs is 1. The summed E-state index contributed by atoms with van der Waals surface area (Å²) in [5.41, 5.74) is 5.09. The molecular formula is C24H38N5O7P. The summed E-state index contributed by atoms with van der Waals surface area (Å²) in [4.78, 5) is 36.2. The molecule has 3 rings (SSSR count). The quantitative estimate of drug-likeness (QED) is 0.213. The van der Waals surface area contributed by atoms with Gasteiger partial charge in [-0.25, -0.2) is 15.0 Å². The molecule has 12 nitrogen and oxygen atoms in total. The van der Waals surface area contributed by atoms with E-state index in [0.29, 0.717) is 23.5 Å². The molecule has 1 aliphatic carbocycles. The van der Waals surface area contributed by atoms with Crippen molar-refractivity contribution in [2.45, 2.75) is 67.3 Å². The second-order valence-corrected chi connectivity index (χ2v) is 13.7. The fourth-order valence-corrected chi connectivity index (χ4v) is 5.84. The monoisotopic (exact) mass is 539 g/mol. The number of nitrogens with zero attached hydrogens (tertiary/aromatic N) is 4. The number of nitrogen functional groups attached to an aromatic ring is 1. The van der Waals surface area contributed by atoms with E-state index in [1.165, 1.54) is 6.33 Å². The van der Waals surface area contributed by atoms with Crippen LogP contribution in [0.5, 0.6) is 0 Å². The van der Waals surface area contributed by atoms with E-state index in [-0.39, 0.29) is 30.5 Å². The minimum atomic E-state index is -3.74. The Morgan fingerprint density at radius 1 is 1.19 bits per heavy atom. The van der Waals surface area contributed by atoms with Crippen LogP contribution >= 0.6 is 7.60 Å². The van der Waals surface area contributed by atoms with E-state index in [4.69, 9.17) is 19.5 Å². The summed E-state index contributed by atoms with van der Waals surface area (Å²) in [6.07, 6.45) is 5.09. The summed E-state index contributed by atoms with van der Waals surface area (Å²) in [7, 11) is -3.74. The van der Waals surface area contributed by atoms with Crippen LogP contribution in [-0.4, -0.2) is 56.1 Å². The van der Waals surface area contributed by atoms with E-state index < -0.39 is 37.2 Å². The Morgan fingerprint density at radius 3 is 2.46 bits per heavy atom. The van der Waals surface area contributed by atoms with E-state index in [1.807, 2.05) is 11.5 Å². The summed E-state index contributed by atoms with van der Waals surface area (Å²) < 4.78 is 32.2. The zero-order valence-electron chi connectivity index (χ0n) is 22.4.